The van der Waals surface area contributed by atoms with Crippen molar-refractivity contribution in [2.45, 2.75) is 19.3 Å². The molecule has 0 saturated carbocycles. The number of fused-ring (bicyclic) bond motifs is 2. The van der Waals surface area contributed by atoms with Gasteiger partial charge in [0.1, 0.15) is 0 Å². The summed E-state index contributed by atoms with van der Waals surface area (Å²) in [6, 6.07) is 17.3. The predicted octanol–water partition coefficient (Wildman–Crippen LogP) is 3.70. The normalized spacial score (nSPS) is 12.9. The Morgan fingerprint density at radius 1 is 0.955 bits per heavy atom. The van der Waals surface area contributed by atoms with Crippen LogP contribution in [0.5, 0.6) is 0 Å². The molecule has 0 N–H and O–H groups in total. The maximum Gasteiger partial charge on any atom is 0.209 e. The van der Waals surface area contributed by atoms with Crippen molar-refractivity contribution in [1.82, 2.24) is 4.90 Å². The lowest BCUT2D eigenvalue weighted by molar-refractivity contribution is -0.116. The summed E-state index contributed by atoms with van der Waals surface area (Å²) in [7, 11) is 1.82. The molecule has 2 aromatic rings. The summed E-state index contributed by atoms with van der Waals surface area (Å²) < 4.78 is 0. The van der Waals surface area contributed by atoms with Gasteiger partial charge in [0.25, 0.3) is 0 Å². The summed E-state index contributed by atoms with van der Waals surface area (Å²) in [5.74, 6) is 0. The fourth-order valence-electron chi connectivity index (χ4n) is 3.10. The van der Waals surface area contributed by atoms with E-state index in [1.165, 1.54) is 27.8 Å². The zero-order valence-corrected chi connectivity index (χ0v) is 13.0. The van der Waals surface area contributed by atoms with Crippen molar-refractivity contribution >= 4 is 12.0 Å². The molecule has 0 aromatic heterocycles. The summed E-state index contributed by atoms with van der Waals surface area (Å²) >= 11 is 0. The molecule has 22 heavy (non-hydrogen) atoms. The largest absolute Gasteiger partial charge is 0.348 e. The van der Waals surface area contributed by atoms with E-state index in [4.69, 9.17) is 0 Å². The van der Waals surface area contributed by atoms with Gasteiger partial charge in [-0.1, -0.05) is 54.6 Å². The monoisotopic (exact) mass is 291 g/mol. The Morgan fingerprint density at radius 3 is 2.05 bits per heavy atom. The lowest BCUT2D eigenvalue weighted by Crippen LogP contribution is -2.16. The molecule has 0 unspecified atom stereocenters. The molecule has 2 nitrogen and oxygen atoms in total. The average molecular weight is 291 g/mol. The average Bonchev–Trinajstić information content (AvgIpc) is 2.72. The summed E-state index contributed by atoms with van der Waals surface area (Å²) in [5.41, 5.74) is 6.80. The minimum atomic E-state index is 0.747. The highest BCUT2D eigenvalue weighted by atomic mass is 16.1. The molecule has 0 atom stereocenters. The zero-order valence-electron chi connectivity index (χ0n) is 13.0. The quantitative estimate of drug-likeness (QED) is 0.787. The highest BCUT2D eigenvalue weighted by Gasteiger charge is 2.16. The maximum absolute atomic E-state index is 10.7. The molecule has 0 spiro atoms. The lowest BCUT2D eigenvalue weighted by Gasteiger charge is -2.13. The Bertz CT molecular complexity index is 653. The third kappa shape index (κ3) is 2.96. The number of aryl methyl sites for hydroxylation is 2. The predicted molar refractivity (Wildman–Crippen MR) is 90.7 cm³/mol. The molecule has 1 aliphatic carbocycles. The van der Waals surface area contributed by atoms with Gasteiger partial charge in [0.05, 0.1) is 0 Å². The first kappa shape index (κ1) is 14.6. The number of nitrogens with zero attached hydrogens (tertiary/aromatic N) is 1. The van der Waals surface area contributed by atoms with Gasteiger partial charge < -0.3 is 4.90 Å². The number of hydrogen-bond donors (Lipinski definition) is 0. The Labute approximate surface area is 132 Å². The minimum Gasteiger partial charge on any atom is -0.348 e. The Balaban J connectivity index is 2.02. The van der Waals surface area contributed by atoms with Gasteiger partial charge in [0.15, 0.2) is 0 Å². The smallest absolute Gasteiger partial charge is 0.209 e. The summed E-state index contributed by atoms with van der Waals surface area (Å²) in [5, 5.41) is 0. The number of carbonyl (C=O) groups excluding carboxylic acids is 1. The van der Waals surface area contributed by atoms with Crippen molar-refractivity contribution < 1.29 is 4.79 Å². The summed E-state index contributed by atoms with van der Waals surface area (Å²) in [6.07, 6.45) is 6.20. The van der Waals surface area contributed by atoms with Gasteiger partial charge in [-0.25, -0.2) is 0 Å². The van der Waals surface area contributed by atoms with Crippen LogP contribution in [0.1, 0.15) is 28.7 Å². The van der Waals surface area contributed by atoms with Crippen LogP contribution in [0.3, 0.4) is 0 Å². The molecule has 0 heterocycles. The van der Waals surface area contributed by atoms with Crippen molar-refractivity contribution in [2.24, 2.45) is 0 Å². The van der Waals surface area contributed by atoms with E-state index >= 15 is 0 Å². The van der Waals surface area contributed by atoms with Crippen LogP contribution in [-0.4, -0.2) is 24.9 Å². The van der Waals surface area contributed by atoms with Crippen LogP contribution < -0.4 is 0 Å². The Hall–Kier alpha value is -2.35. The van der Waals surface area contributed by atoms with E-state index in [0.29, 0.717) is 0 Å². The van der Waals surface area contributed by atoms with Gasteiger partial charge in [-0.3, -0.25) is 4.79 Å². The van der Waals surface area contributed by atoms with Crippen molar-refractivity contribution in [2.75, 3.05) is 13.6 Å². The van der Waals surface area contributed by atoms with Crippen molar-refractivity contribution in [3.63, 3.8) is 0 Å². The van der Waals surface area contributed by atoms with Gasteiger partial charge in [0.2, 0.25) is 6.41 Å². The fourth-order valence-corrected chi connectivity index (χ4v) is 3.10. The molecular weight excluding hydrogens is 270 g/mol. The molecule has 0 radical (unpaired) electrons. The van der Waals surface area contributed by atoms with E-state index in [2.05, 4.69) is 54.6 Å². The SMILES string of the molecule is CN(C=O)CCC=C1c2ccccc2CCc2ccccc21. The van der Waals surface area contributed by atoms with Crippen LogP contribution in [0.4, 0.5) is 0 Å². The highest BCUT2D eigenvalue weighted by Crippen LogP contribution is 2.33. The molecule has 0 bridgehead atoms. The third-order valence-corrected chi connectivity index (χ3v) is 4.29. The van der Waals surface area contributed by atoms with Crippen molar-refractivity contribution in [1.29, 1.82) is 0 Å². The summed E-state index contributed by atoms with van der Waals surface area (Å²) in [4.78, 5) is 12.4. The molecule has 0 fully saturated rings. The van der Waals surface area contributed by atoms with Gasteiger partial charge >= 0.3 is 0 Å². The minimum absolute atomic E-state index is 0.747. The van der Waals surface area contributed by atoms with E-state index in [1.807, 2.05) is 7.05 Å². The van der Waals surface area contributed by atoms with Gasteiger partial charge in [0, 0.05) is 13.6 Å². The fraction of sp³-hybridized carbons (Fsp3) is 0.250. The standard InChI is InChI=1S/C20H21NO/c1-21(15-22)14-6-11-20-18-9-4-2-7-16(18)12-13-17-8-3-5-10-19(17)20/h2-5,7-11,15H,6,12-14H2,1H3. The second kappa shape index (κ2) is 6.61. The molecule has 0 saturated heterocycles. The highest BCUT2D eigenvalue weighted by molar-refractivity contribution is 5.83. The van der Waals surface area contributed by atoms with Crippen LogP contribution in [0.25, 0.3) is 5.57 Å². The molecular formula is C20H21NO. The molecule has 0 aliphatic heterocycles. The molecule has 112 valence electrons. The van der Waals surface area contributed by atoms with E-state index in [1.54, 1.807) is 4.90 Å². The Morgan fingerprint density at radius 2 is 1.50 bits per heavy atom. The van der Waals surface area contributed by atoms with Crippen LogP contribution in [0.15, 0.2) is 54.6 Å². The first-order chi connectivity index (χ1) is 10.8. The van der Waals surface area contributed by atoms with Crippen molar-refractivity contribution in [3.05, 3.63) is 76.9 Å². The number of carbonyl (C=O) groups is 1. The second-order valence-electron chi connectivity index (χ2n) is 5.81. The van der Waals surface area contributed by atoms with E-state index < -0.39 is 0 Å². The number of amides is 1. The zero-order chi connectivity index (χ0) is 15.4. The molecule has 2 heteroatoms. The molecule has 3 rings (SSSR count). The maximum atomic E-state index is 10.7. The molecule has 2 aromatic carbocycles. The topological polar surface area (TPSA) is 20.3 Å². The van der Waals surface area contributed by atoms with Crippen LogP contribution in [0.2, 0.25) is 0 Å². The van der Waals surface area contributed by atoms with E-state index in [-0.39, 0.29) is 0 Å². The number of benzene rings is 2. The first-order valence-electron chi connectivity index (χ1n) is 7.82. The summed E-state index contributed by atoms with van der Waals surface area (Å²) in [6.45, 7) is 0.747. The van der Waals surface area contributed by atoms with Crippen molar-refractivity contribution in [3.8, 4) is 0 Å². The van der Waals surface area contributed by atoms with Crippen LogP contribution in [0, 0.1) is 0 Å². The third-order valence-electron chi connectivity index (χ3n) is 4.29. The van der Waals surface area contributed by atoms with Gasteiger partial charge in [-0.2, -0.15) is 0 Å². The van der Waals surface area contributed by atoms with Crippen LogP contribution in [-0.2, 0) is 17.6 Å². The van der Waals surface area contributed by atoms with Gasteiger partial charge in [-0.15, -0.1) is 0 Å². The van der Waals surface area contributed by atoms with E-state index in [9.17, 15) is 4.79 Å². The van der Waals surface area contributed by atoms with E-state index in [0.717, 1.165) is 32.2 Å². The molecule has 1 aliphatic rings. The second-order valence-corrected chi connectivity index (χ2v) is 5.81. The molecule has 1 amide bonds. The Kier molecular flexibility index (Phi) is 4.38. The van der Waals surface area contributed by atoms with Crippen LogP contribution >= 0.6 is 0 Å². The first-order valence-corrected chi connectivity index (χ1v) is 7.82. The van der Waals surface area contributed by atoms with Gasteiger partial charge in [-0.05, 0) is 47.1 Å². The number of rotatable bonds is 4. The number of hydrogen-bond acceptors (Lipinski definition) is 1. The lowest BCUT2D eigenvalue weighted by atomic mass is 9.93.